The number of aromatic nitrogens is 1. The summed E-state index contributed by atoms with van der Waals surface area (Å²) < 4.78 is 0. The fourth-order valence-corrected chi connectivity index (χ4v) is 2.23. The van der Waals surface area contributed by atoms with Crippen LogP contribution in [0.4, 0.5) is 5.69 Å². The second kappa shape index (κ2) is 6.14. The molecule has 0 spiro atoms. The van der Waals surface area contributed by atoms with Gasteiger partial charge in [-0.05, 0) is 25.5 Å². The van der Waals surface area contributed by atoms with E-state index < -0.39 is 0 Å². The van der Waals surface area contributed by atoms with Gasteiger partial charge in [-0.25, -0.2) is 4.98 Å². The molecule has 0 radical (unpaired) electrons. The fourth-order valence-electron chi connectivity index (χ4n) is 2.05. The first-order valence-electron chi connectivity index (χ1n) is 6.65. The smallest absolute Gasteiger partial charge is 0.257 e. The zero-order valence-corrected chi connectivity index (χ0v) is 13.1. The van der Waals surface area contributed by atoms with Gasteiger partial charge in [0.15, 0.2) is 0 Å². The van der Waals surface area contributed by atoms with E-state index in [0.29, 0.717) is 11.3 Å². The molecule has 110 valence electrons. The van der Waals surface area contributed by atoms with Crippen molar-refractivity contribution >= 4 is 23.2 Å². The van der Waals surface area contributed by atoms with Crippen LogP contribution >= 0.6 is 11.6 Å². The standard InChI is InChI=1S/C16H18ClN3O/c1-10-4-6-12(7-5-10)11(2)20(3)16(21)14-8-13(18)9-19-15(14)17/h4-9,11H,18H2,1-3H3. The van der Waals surface area contributed by atoms with Gasteiger partial charge in [-0.2, -0.15) is 0 Å². The molecule has 21 heavy (non-hydrogen) atoms. The van der Waals surface area contributed by atoms with Crippen molar-refractivity contribution in [3.8, 4) is 0 Å². The van der Waals surface area contributed by atoms with Crippen LogP contribution in [0.1, 0.15) is 34.5 Å². The third-order valence-corrected chi connectivity index (χ3v) is 3.85. The molecular formula is C16H18ClN3O. The van der Waals surface area contributed by atoms with E-state index in [4.69, 9.17) is 17.3 Å². The maximum Gasteiger partial charge on any atom is 0.257 e. The lowest BCUT2D eigenvalue weighted by Crippen LogP contribution is -2.30. The van der Waals surface area contributed by atoms with Gasteiger partial charge in [0.1, 0.15) is 5.15 Å². The molecule has 0 bridgehead atoms. The van der Waals surface area contributed by atoms with Crippen molar-refractivity contribution < 1.29 is 4.79 Å². The summed E-state index contributed by atoms with van der Waals surface area (Å²) in [6.07, 6.45) is 1.43. The molecule has 1 aromatic carbocycles. The van der Waals surface area contributed by atoms with Crippen molar-refractivity contribution in [1.82, 2.24) is 9.88 Å². The zero-order chi connectivity index (χ0) is 15.6. The lowest BCUT2D eigenvalue weighted by atomic mass is 10.0. The van der Waals surface area contributed by atoms with Crippen molar-refractivity contribution in [2.75, 3.05) is 12.8 Å². The average molecular weight is 304 g/mol. The molecule has 0 saturated heterocycles. The number of amides is 1. The van der Waals surface area contributed by atoms with Gasteiger partial charge in [0.05, 0.1) is 23.5 Å². The van der Waals surface area contributed by atoms with E-state index >= 15 is 0 Å². The van der Waals surface area contributed by atoms with Crippen molar-refractivity contribution in [3.63, 3.8) is 0 Å². The summed E-state index contributed by atoms with van der Waals surface area (Å²) >= 11 is 5.99. The van der Waals surface area contributed by atoms with Crippen molar-refractivity contribution in [1.29, 1.82) is 0 Å². The Labute approximate surface area is 129 Å². The number of anilines is 1. The number of nitrogens with zero attached hydrogens (tertiary/aromatic N) is 2. The van der Waals surface area contributed by atoms with Gasteiger partial charge in [-0.15, -0.1) is 0 Å². The van der Waals surface area contributed by atoms with Gasteiger partial charge in [-0.3, -0.25) is 4.79 Å². The van der Waals surface area contributed by atoms with Crippen LogP contribution in [-0.2, 0) is 0 Å². The van der Waals surface area contributed by atoms with Crippen LogP contribution in [0.3, 0.4) is 0 Å². The summed E-state index contributed by atoms with van der Waals surface area (Å²) in [6.45, 7) is 4.00. The zero-order valence-electron chi connectivity index (χ0n) is 12.3. The van der Waals surface area contributed by atoms with Gasteiger partial charge in [-0.1, -0.05) is 41.4 Å². The van der Waals surface area contributed by atoms with Crippen molar-refractivity contribution in [2.24, 2.45) is 0 Å². The molecule has 0 aliphatic rings. The summed E-state index contributed by atoms with van der Waals surface area (Å²) in [5.41, 5.74) is 8.65. The molecule has 0 saturated carbocycles. The number of carbonyl (C=O) groups is 1. The van der Waals surface area contributed by atoms with Crippen molar-refractivity contribution in [2.45, 2.75) is 19.9 Å². The van der Waals surface area contributed by atoms with Gasteiger partial charge in [0, 0.05) is 7.05 Å². The van der Waals surface area contributed by atoms with Gasteiger partial charge in [0.2, 0.25) is 0 Å². The van der Waals surface area contributed by atoms with Crippen LogP contribution < -0.4 is 5.73 Å². The maximum absolute atomic E-state index is 12.5. The Morgan fingerprint density at radius 2 is 1.95 bits per heavy atom. The molecule has 0 aliphatic heterocycles. The minimum Gasteiger partial charge on any atom is -0.397 e. The van der Waals surface area contributed by atoms with E-state index in [9.17, 15) is 4.79 Å². The first-order chi connectivity index (χ1) is 9.90. The summed E-state index contributed by atoms with van der Waals surface area (Å²) in [5.74, 6) is -0.201. The number of hydrogen-bond acceptors (Lipinski definition) is 3. The Balaban J connectivity index is 2.26. The normalized spacial score (nSPS) is 12.0. The highest BCUT2D eigenvalue weighted by Gasteiger charge is 2.21. The molecule has 2 aromatic rings. The molecule has 4 nitrogen and oxygen atoms in total. The second-order valence-electron chi connectivity index (χ2n) is 5.11. The second-order valence-corrected chi connectivity index (χ2v) is 5.47. The van der Waals surface area contributed by atoms with Crippen LogP contribution in [0.5, 0.6) is 0 Å². The maximum atomic E-state index is 12.5. The molecule has 1 amide bonds. The Morgan fingerprint density at radius 3 is 2.57 bits per heavy atom. The third kappa shape index (κ3) is 3.34. The Hall–Kier alpha value is -2.07. The number of halogens is 1. The molecular weight excluding hydrogens is 286 g/mol. The highest BCUT2D eigenvalue weighted by Crippen LogP contribution is 2.24. The topological polar surface area (TPSA) is 59.2 Å². The number of pyridine rings is 1. The molecule has 0 fully saturated rings. The first-order valence-corrected chi connectivity index (χ1v) is 7.02. The number of nitrogens with two attached hydrogens (primary N) is 1. The molecule has 1 unspecified atom stereocenters. The van der Waals surface area contributed by atoms with E-state index in [-0.39, 0.29) is 17.1 Å². The van der Waals surface area contributed by atoms with Crippen LogP contribution in [0.25, 0.3) is 0 Å². The van der Waals surface area contributed by atoms with E-state index in [1.807, 2.05) is 38.1 Å². The van der Waals surface area contributed by atoms with E-state index in [0.717, 1.165) is 5.56 Å². The number of rotatable bonds is 3. The van der Waals surface area contributed by atoms with Crippen LogP contribution in [0, 0.1) is 6.92 Å². The van der Waals surface area contributed by atoms with E-state index in [1.165, 1.54) is 11.8 Å². The summed E-state index contributed by atoms with van der Waals surface area (Å²) in [4.78, 5) is 18.1. The quantitative estimate of drug-likeness (QED) is 0.883. The van der Waals surface area contributed by atoms with Crippen LogP contribution in [0.2, 0.25) is 5.15 Å². The van der Waals surface area contributed by atoms with E-state index in [2.05, 4.69) is 4.98 Å². The Morgan fingerprint density at radius 1 is 1.33 bits per heavy atom. The lowest BCUT2D eigenvalue weighted by molar-refractivity contribution is 0.0742. The molecule has 1 atom stereocenters. The van der Waals surface area contributed by atoms with Crippen molar-refractivity contribution in [3.05, 3.63) is 58.4 Å². The predicted molar refractivity (Wildman–Crippen MR) is 85.3 cm³/mol. The van der Waals surface area contributed by atoms with Crippen LogP contribution in [0.15, 0.2) is 36.5 Å². The largest absolute Gasteiger partial charge is 0.397 e. The Bertz CT molecular complexity index is 655. The van der Waals surface area contributed by atoms with E-state index in [1.54, 1.807) is 18.0 Å². The predicted octanol–water partition coefficient (Wildman–Crippen LogP) is 3.46. The molecule has 2 N–H and O–H groups in total. The number of nitrogen functional groups attached to an aromatic ring is 1. The highest BCUT2D eigenvalue weighted by molar-refractivity contribution is 6.32. The minimum absolute atomic E-state index is 0.0735. The third-order valence-electron chi connectivity index (χ3n) is 3.55. The lowest BCUT2D eigenvalue weighted by Gasteiger charge is -2.26. The number of aryl methyl sites for hydroxylation is 1. The number of carbonyl (C=O) groups excluding carboxylic acids is 1. The highest BCUT2D eigenvalue weighted by atomic mass is 35.5. The summed E-state index contributed by atoms with van der Waals surface area (Å²) in [7, 11) is 1.74. The first kappa shape index (κ1) is 15.3. The molecule has 2 rings (SSSR count). The number of benzene rings is 1. The molecule has 1 heterocycles. The van der Waals surface area contributed by atoms with Gasteiger partial charge >= 0.3 is 0 Å². The fraction of sp³-hybridized carbons (Fsp3) is 0.250. The summed E-state index contributed by atoms with van der Waals surface area (Å²) in [6, 6.07) is 9.57. The molecule has 0 aliphatic carbocycles. The monoisotopic (exact) mass is 303 g/mol. The van der Waals surface area contributed by atoms with Crippen LogP contribution in [-0.4, -0.2) is 22.8 Å². The average Bonchev–Trinajstić information content (AvgIpc) is 2.48. The summed E-state index contributed by atoms with van der Waals surface area (Å²) in [5, 5.41) is 0.164. The molecule has 5 heteroatoms. The minimum atomic E-state index is -0.201. The molecule has 1 aromatic heterocycles. The number of hydrogen-bond donors (Lipinski definition) is 1. The van der Waals surface area contributed by atoms with Gasteiger partial charge in [0.25, 0.3) is 5.91 Å². The van der Waals surface area contributed by atoms with Gasteiger partial charge < -0.3 is 10.6 Å². The SMILES string of the molecule is Cc1ccc(C(C)N(C)C(=O)c2cc(N)cnc2Cl)cc1. The Kier molecular flexibility index (Phi) is 4.48.